The fraction of sp³-hybridized carbons (Fsp3) is 0.500. The maximum atomic E-state index is 14.2. The fourth-order valence-corrected chi connectivity index (χ4v) is 9.38. The Balaban J connectivity index is 1.50. The van der Waals surface area contributed by atoms with Gasteiger partial charge in [0.25, 0.3) is 0 Å². The van der Waals surface area contributed by atoms with Crippen LogP contribution in [-0.4, -0.2) is 56.4 Å². The summed E-state index contributed by atoms with van der Waals surface area (Å²) in [6, 6.07) is 14.3. The lowest BCUT2D eigenvalue weighted by Gasteiger charge is -2.40. The van der Waals surface area contributed by atoms with Crippen molar-refractivity contribution < 1.29 is 19.5 Å². The maximum absolute atomic E-state index is 14.2. The van der Waals surface area contributed by atoms with Crippen LogP contribution >= 0.6 is 11.8 Å². The molecule has 0 radical (unpaired) electrons. The number of carbonyl (C=O) groups excluding carboxylic acids is 3. The van der Waals surface area contributed by atoms with E-state index in [-0.39, 0.29) is 35.5 Å². The van der Waals surface area contributed by atoms with E-state index in [2.05, 4.69) is 17.6 Å². The summed E-state index contributed by atoms with van der Waals surface area (Å²) in [7, 11) is 0. The van der Waals surface area contributed by atoms with Crippen molar-refractivity contribution in [2.45, 2.75) is 69.2 Å². The van der Waals surface area contributed by atoms with Gasteiger partial charge in [-0.15, -0.1) is 11.8 Å². The highest BCUT2D eigenvalue weighted by Crippen LogP contribution is 2.68. The molecule has 2 aromatic rings. The predicted molar refractivity (Wildman–Crippen MR) is 150 cm³/mol. The Morgan fingerprint density at radius 2 is 1.79 bits per heavy atom. The van der Waals surface area contributed by atoms with Gasteiger partial charge in [0.2, 0.25) is 17.7 Å². The van der Waals surface area contributed by atoms with Gasteiger partial charge in [-0.05, 0) is 49.3 Å². The molecule has 7 atom stereocenters. The van der Waals surface area contributed by atoms with Crippen LogP contribution in [0.15, 0.2) is 48.5 Å². The van der Waals surface area contributed by atoms with Gasteiger partial charge in [0.15, 0.2) is 0 Å². The molecule has 2 aromatic carbocycles. The molecule has 3 heterocycles. The first-order valence-corrected chi connectivity index (χ1v) is 14.4. The number of nitrogens with one attached hydrogen (secondary N) is 2. The standard InChI is InChI=1S/C30H37N3O4S/c1-5-21(16-34)33-26(28(36)32-25-17(2)10-9-11-18(25)3)30-19(4)14-22(38-30)23(24(30)29(33)37)27(35)31-15-20-12-7-6-8-13-20/h6-13,19,21-24,26,34H,5,14-16H2,1-4H3,(H,31,35)(H,32,36)/t19?,21-,22-,23+,24-,26?,30?/m0/s1. The van der Waals surface area contributed by atoms with E-state index in [1.54, 1.807) is 16.7 Å². The third-order valence-electron chi connectivity index (χ3n) is 8.85. The third-order valence-corrected chi connectivity index (χ3v) is 10.9. The van der Waals surface area contributed by atoms with Gasteiger partial charge >= 0.3 is 0 Å². The largest absolute Gasteiger partial charge is 0.394 e. The van der Waals surface area contributed by atoms with Crippen molar-refractivity contribution in [2.75, 3.05) is 11.9 Å². The van der Waals surface area contributed by atoms with Gasteiger partial charge in [-0.3, -0.25) is 14.4 Å². The molecule has 3 aliphatic rings. The van der Waals surface area contributed by atoms with Crippen molar-refractivity contribution in [2.24, 2.45) is 17.8 Å². The average molecular weight is 536 g/mol. The molecule has 3 unspecified atom stereocenters. The van der Waals surface area contributed by atoms with Crippen molar-refractivity contribution in [1.82, 2.24) is 10.2 Å². The van der Waals surface area contributed by atoms with Crippen molar-refractivity contribution in [3.8, 4) is 0 Å². The molecule has 3 fully saturated rings. The summed E-state index contributed by atoms with van der Waals surface area (Å²) < 4.78 is -0.722. The smallest absolute Gasteiger partial charge is 0.248 e. The Morgan fingerprint density at radius 3 is 2.42 bits per heavy atom. The number of aliphatic hydroxyl groups excluding tert-OH is 1. The molecule has 5 rings (SSSR count). The summed E-state index contributed by atoms with van der Waals surface area (Å²) in [6.07, 6.45) is 1.29. The van der Waals surface area contributed by atoms with Crippen LogP contribution in [0.1, 0.15) is 43.4 Å². The molecule has 3 saturated heterocycles. The molecule has 2 bridgehead atoms. The minimum Gasteiger partial charge on any atom is -0.394 e. The molecule has 3 amide bonds. The van der Waals surface area contributed by atoms with Gasteiger partial charge in [-0.1, -0.05) is 62.4 Å². The number of hydrogen-bond donors (Lipinski definition) is 3. The molecular formula is C30H37N3O4S. The van der Waals surface area contributed by atoms with E-state index in [0.29, 0.717) is 13.0 Å². The highest BCUT2D eigenvalue weighted by atomic mass is 32.2. The Hall–Kier alpha value is -2.84. The summed E-state index contributed by atoms with van der Waals surface area (Å²) >= 11 is 1.65. The van der Waals surface area contributed by atoms with Crippen molar-refractivity contribution in [3.63, 3.8) is 0 Å². The van der Waals surface area contributed by atoms with Gasteiger partial charge < -0.3 is 20.6 Å². The van der Waals surface area contributed by atoms with E-state index in [4.69, 9.17) is 0 Å². The number of likely N-dealkylation sites (tertiary alicyclic amines) is 1. The summed E-state index contributed by atoms with van der Waals surface area (Å²) in [5, 5.41) is 16.4. The second-order valence-corrected chi connectivity index (χ2v) is 12.6. The number of anilines is 1. The minimum absolute atomic E-state index is 0.0263. The van der Waals surface area contributed by atoms with E-state index in [9.17, 15) is 19.5 Å². The topological polar surface area (TPSA) is 98.7 Å². The van der Waals surface area contributed by atoms with Crippen molar-refractivity contribution in [3.05, 3.63) is 65.2 Å². The van der Waals surface area contributed by atoms with Crippen molar-refractivity contribution >= 4 is 35.2 Å². The molecule has 0 aromatic heterocycles. The predicted octanol–water partition coefficient (Wildman–Crippen LogP) is 3.67. The average Bonchev–Trinajstić information content (AvgIpc) is 3.50. The minimum atomic E-state index is -0.770. The molecule has 7 nitrogen and oxygen atoms in total. The first kappa shape index (κ1) is 26.8. The number of thioether (sulfide) groups is 1. The van der Waals surface area contributed by atoms with Gasteiger partial charge in [0, 0.05) is 17.5 Å². The Morgan fingerprint density at radius 1 is 1.11 bits per heavy atom. The maximum Gasteiger partial charge on any atom is 0.248 e. The number of aliphatic hydroxyl groups is 1. The summed E-state index contributed by atoms with van der Waals surface area (Å²) in [5.41, 5.74) is 3.65. The summed E-state index contributed by atoms with van der Waals surface area (Å²) in [4.78, 5) is 43.6. The highest BCUT2D eigenvalue weighted by Gasteiger charge is 2.76. The number of rotatable bonds is 8. The molecule has 3 aliphatic heterocycles. The van der Waals surface area contributed by atoms with Crippen LogP contribution in [0.4, 0.5) is 5.69 Å². The lowest BCUT2D eigenvalue weighted by molar-refractivity contribution is -0.142. The zero-order valence-electron chi connectivity index (χ0n) is 22.4. The zero-order chi connectivity index (χ0) is 27.2. The molecule has 38 heavy (non-hydrogen) atoms. The van der Waals surface area contributed by atoms with Crippen LogP contribution in [0, 0.1) is 31.6 Å². The van der Waals surface area contributed by atoms with Gasteiger partial charge in [-0.25, -0.2) is 0 Å². The second kappa shape index (κ2) is 10.4. The monoisotopic (exact) mass is 535 g/mol. The number of carbonyl (C=O) groups is 3. The Kier molecular flexibility index (Phi) is 7.31. The molecule has 202 valence electrons. The van der Waals surface area contributed by atoms with Gasteiger partial charge in [0.1, 0.15) is 6.04 Å². The fourth-order valence-electron chi connectivity index (χ4n) is 6.97. The second-order valence-electron chi connectivity index (χ2n) is 11.0. The van der Waals surface area contributed by atoms with Crippen LogP contribution in [0.5, 0.6) is 0 Å². The zero-order valence-corrected chi connectivity index (χ0v) is 23.3. The number of para-hydroxylation sites is 1. The van der Waals surface area contributed by atoms with E-state index in [0.717, 1.165) is 28.8 Å². The van der Waals surface area contributed by atoms with Crippen LogP contribution < -0.4 is 10.6 Å². The van der Waals surface area contributed by atoms with Crippen molar-refractivity contribution in [1.29, 1.82) is 0 Å². The number of hydrogen-bond acceptors (Lipinski definition) is 5. The number of nitrogens with zero attached hydrogens (tertiary/aromatic N) is 1. The molecule has 0 saturated carbocycles. The van der Waals surface area contributed by atoms with E-state index < -0.39 is 28.7 Å². The summed E-state index contributed by atoms with van der Waals surface area (Å²) in [5.74, 6) is -1.61. The van der Waals surface area contributed by atoms with Crippen LogP contribution in [0.25, 0.3) is 0 Å². The molecule has 1 spiro atoms. The molecule has 0 aliphatic carbocycles. The molecular weight excluding hydrogens is 498 g/mol. The SMILES string of the molecule is CC[C@@H](CO)N1C(=O)[C@@H]2[C@H](C(=O)NCc3ccccc3)[C@@H]3CC(C)C2(S3)C1C(=O)Nc1c(C)cccc1C. The molecule has 8 heteroatoms. The van der Waals surface area contributed by atoms with Crippen LogP contribution in [-0.2, 0) is 20.9 Å². The van der Waals surface area contributed by atoms with E-state index in [1.807, 2.05) is 69.3 Å². The highest BCUT2D eigenvalue weighted by molar-refractivity contribution is 8.02. The van der Waals surface area contributed by atoms with Crippen LogP contribution in [0.2, 0.25) is 0 Å². The van der Waals surface area contributed by atoms with E-state index >= 15 is 0 Å². The van der Waals surface area contributed by atoms with Crippen LogP contribution in [0.3, 0.4) is 0 Å². The number of benzene rings is 2. The summed E-state index contributed by atoms with van der Waals surface area (Å²) in [6.45, 7) is 8.09. The lowest BCUT2D eigenvalue weighted by atomic mass is 9.66. The lowest BCUT2D eigenvalue weighted by Crippen LogP contribution is -2.57. The Bertz CT molecular complexity index is 1210. The first-order valence-electron chi connectivity index (χ1n) is 13.5. The normalized spacial score (nSPS) is 30.3. The number of amides is 3. The van der Waals surface area contributed by atoms with E-state index in [1.165, 1.54) is 0 Å². The molecule has 3 N–H and O–H groups in total. The first-order chi connectivity index (χ1) is 18.2. The number of fused-ring (bicyclic) bond motifs is 1. The van der Waals surface area contributed by atoms with Gasteiger partial charge in [0.05, 0.1) is 29.2 Å². The third kappa shape index (κ3) is 4.13. The number of aryl methyl sites for hydroxylation is 2. The Labute approximate surface area is 228 Å². The van der Waals surface area contributed by atoms with Gasteiger partial charge in [-0.2, -0.15) is 0 Å². The quantitative estimate of drug-likeness (QED) is 0.479.